The molecule has 7 heteroatoms. The molecule has 1 amide bonds. The summed E-state index contributed by atoms with van der Waals surface area (Å²) in [4.78, 5) is 12.2. The molecule has 0 fully saturated rings. The van der Waals surface area contributed by atoms with E-state index in [2.05, 4.69) is 10.6 Å². The zero-order valence-corrected chi connectivity index (χ0v) is 16.5. The first kappa shape index (κ1) is 21.1. The van der Waals surface area contributed by atoms with Gasteiger partial charge in [0.25, 0.3) is 5.91 Å². The molecule has 2 N–H and O–H groups in total. The SMILES string of the molecule is COc1ccc(CCNC(=O)/C(C#N)=C\NCc2cccc(Cl)c2)cc1OC. The summed E-state index contributed by atoms with van der Waals surface area (Å²) in [7, 11) is 3.15. The quantitative estimate of drug-likeness (QED) is 0.499. The highest BCUT2D eigenvalue weighted by atomic mass is 35.5. The van der Waals surface area contributed by atoms with Crippen molar-refractivity contribution < 1.29 is 14.3 Å². The Morgan fingerprint density at radius 1 is 1.14 bits per heavy atom. The highest BCUT2D eigenvalue weighted by Gasteiger charge is 2.09. The van der Waals surface area contributed by atoms with Crippen molar-refractivity contribution in [1.29, 1.82) is 5.26 Å². The Kier molecular flexibility index (Phi) is 8.19. The van der Waals surface area contributed by atoms with Crippen LogP contribution in [0.25, 0.3) is 0 Å². The van der Waals surface area contributed by atoms with Gasteiger partial charge in [0.05, 0.1) is 14.2 Å². The molecule has 6 nitrogen and oxygen atoms in total. The molecule has 0 saturated heterocycles. The van der Waals surface area contributed by atoms with Gasteiger partial charge in [-0.1, -0.05) is 29.8 Å². The van der Waals surface area contributed by atoms with Crippen LogP contribution in [0.5, 0.6) is 11.5 Å². The summed E-state index contributed by atoms with van der Waals surface area (Å²) >= 11 is 5.93. The third-order valence-electron chi connectivity index (χ3n) is 3.95. The van der Waals surface area contributed by atoms with Crippen LogP contribution in [0.15, 0.2) is 54.2 Å². The van der Waals surface area contributed by atoms with Crippen LogP contribution in [-0.4, -0.2) is 26.7 Å². The van der Waals surface area contributed by atoms with Gasteiger partial charge in [-0.05, 0) is 41.8 Å². The van der Waals surface area contributed by atoms with Crippen molar-refractivity contribution in [3.8, 4) is 17.6 Å². The zero-order valence-electron chi connectivity index (χ0n) is 15.8. The lowest BCUT2D eigenvalue weighted by Gasteiger charge is -2.10. The largest absolute Gasteiger partial charge is 0.493 e. The van der Waals surface area contributed by atoms with Crippen LogP contribution in [0, 0.1) is 11.3 Å². The van der Waals surface area contributed by atoms with Gasteiger partial charge < -0.3 is 20.1 Å². The Bertz CT molecular complexity index is 891. The van der Waals surface area contributed by atoms with Crippen molar-refractivity contribution in [2.24, 2.45) is 0 Å². The minimum absolute atomic E-state index is 0.00865. The molecule has 0 aliphatic rings. The van der Waals surface area contributed by atoms with E-state index in [9.17, 15) is 10.1 Å². The number of nitrogens with one attached hydrogen (secondary N) is 2. The third-order valence-corrected chi connectivity index (χ3v) is 4.19. The number of amides is 1. The van der Waals surface area contributed by atoms with Gasteiger partial charge in [-0.3, -0.25) is 4.79 Å². The number of nitriles is 1. The predicted octanol–water partition coefficient (Wildman–Crippen LogP) is 3.21. The number of hydrogen-bond acceptors (Lipinski definition) is 5. The van der Waals surface area contributed by atoms with Crippen molar-refractivity contribution >= 4 is 17.5 Å². The molecule has 146 valence electrons. The van der Waals surface area contributed by atoms with E-state index in [0.29, 0.717) is 36.0 Å². The Hall–Kier alpha value is -3.17. The molecule has 28 heavy (non-hydrogen) atoms. The molecular formula is C21H22ClN3O3. The third kappa shape index (κ3) is 6.22. The monoisotopic (exact) mass is 399 g/mol. The lowest BCUT2D eigenvalue weighted by Crippen LogP contribution is -2.27. The van der Waals surface area contributed by atoms with Gasteiger partial charge in [0.2, 0.25) is 0 Å². The summed E-state index contributed by atoms with van der Waals surface area (Å²) in [6.45, 7) is 0.853. The van der Waals surface area contributed by atoms with E-state index >= 15 is 0 Å². The first-order valence-electron chi connectivity index (χ1n) is 8.64. The second kappa shape index (κ2) is 10.9. The summed E-state index contributed by atoms with van der Waals surface area (Å²) in [5, 5.41) is 15.6. The molecule has 0 aromatic heterocycles. The zero-order chi connectivity index (χ0) is 20.4. The Balaban J connectivity index is 1.85. The number of carbonyl (C=O) groups excluding carboxylic acids is 1. The molecule has 0 aliphatic heterocycles. The molecular weight excluding hydrogens is 378 g/mol. The fourth-order valence-corrected chi connectivity index (χ4v) is 2.73. The molecule has 0 aliphatic carbocycles. The summed E-state index contributed by atoms with van der Waals surface area (Å²) in [5.74, 6) is 0.853. The number of rotatable bonds is 9. The normalized spacial score (nSPS) is 10.7. The van der Waals surface area contributed by atoms with Crippen LogP contribution in [0.2, 0.25) is 5.02 Å². The molecule has 0 spiro atoms. The van der Waals surface area contributed by atoms with Crippen LogP contribution in [0.3, 0.4) is 0 Å². The minimum Gasteiger partial charge on any atom is -0.493 e. The number of benzene rings is 2. The van der Waals surface area contributed by atoms with Crippen LogP contribution >= 0.6 is 11.6 Å². The molecule has 0 saturated carbocycles. The Morgan fingerprint density at radius 3 is 2.61 bits per heavy atom. The maximum atomic E-state index is 12.2. The Morgan fingerprint density at radius 2 is 1.93 bits per heavy atom. The molecule has 2 aromatic rings. The molecule has 0 atom stereocenters. The minimum atomic E-state index is -0.429. The molecule has 0 unspecified atom stereocenters. The van der Waals surface area contributed by atoms with Crippen LogP contribution in [0.1, 0.15) is 11.1 Å². The highest BCUT2D eigenvalue weighted by molar-refractivity contribution is 6.30. The molecule has 2 aromatic carbocycles. The van der Waals surface area contributed by atoms with Crippen molar-refractivity contribution in [1.82, 2.24) is 10.6 Å². The number of methoxy groups -OCH3 is 2. The van der Waals surface area contributed by atoms with E-state index in [4.69, 9.17) is 21.1 Å². The van der Waals surface area contributed by atoms with Crippen molar-refractivity contribution in [2.45, 2.75) is 13.0 Å². The van der Waals surface area contributed by atoms with Gasteiger partial charge in [0.1, 0.15) is 11.6 Å². The number of ether oxygens (including phenoxy) is 2. The van der Waals surface area contributed by atoms with Gasteiger partial charge in [-0.25, -0.2) is 0 Å². The average Bonchev–Trinajstić information content (AvgIpc) is 2.71. The van der Waals surface area contributed by atoms with E-state index < -0.39 is 5.91 Å². The van der Waals surface area contributed by atoms with Gasteiger partial charge in [-0.15, -0.1) is 0 Å². The van der Waals surface area contributed by atoms with E-state index in [1.54, 1.807) is 20.3 Å². The summed E-state index contributed by atoms with van der Waals surface area (Å²) in [6, 6.07) is 14.8. The lowest BCUT2D eigenvalue weighted by atomic mass is 10.1. The second-order valence-electron chi connectivity index (χ2n) is 5.88. The molecule has 0 bridgehead atoms. The van der Waals surface area contributed by atoms with E-state index in [-0.39, 0.29) is 5.57 Å². The molecule has 0 radical (unpaired) electrons. The van der Waals surface area contributed by atoms with Gasteiger partial charge in [-0.2, -0.15) is 5.26 Å². The van der Waals surface area contributed by atoms with E-state index in [1.165, 1.54) is 6.20 Å². The van der Waals surface area contributed by atoms with E-state index in [0.717, 1.165) is 11.1 Å². The van der Waals surface area contributed by atoms with E-state index in [1.807, 2.05) is 42.5 Å². The fraction of sp³-hybridized carbons (Fsp3) is 0.238. The van der Waals surface area contributed by atoms with Crippen LogP contribution < -0.4 is 20.1 Å². The summed E-state index contributed by atoms with van der Waals surface area (Å²) < 4.78 is 10.5. The smallest absolute Gasteiger partial charge is 0.263 e. The predicted molar refractivity (Wildman–Crippen MR) is 108 cm³/mol. The van der Waals surface area contributed by atoms with Crippen molar-refractivity contribution in [2.75, 3.05) is 20.8 Å². The number of halogens is 1. The number of hydrogen-bond donors (Lipinski definition) is 2. The average molecular weight is 400 g/mol. The first-order chi connectivity index (χ1) is 13.6. The maximum Gasteiger partial charge on any atom is 0.263 e. The Labute approximate surface area is 169 Å². The maximum absolute atomic E-state index is 12.2. The van der Waals surface area contributed by atoms with Gasteiger partial charge >= 0.3 is 0 Å². The van der Waals surface area contributed by atoms with Crippen LogP contribution in [-0.2, 0) is 17.8 Å². The summed E-state index contributed by atoms with van der Waals surface area (Å²) in [5.41, 5.74) is 1.95. The fourth-order valence-electron chi connectivity index (χ4n) is 2.52. The van der Waals surface area contributed by atoms with Gasteiger partial charge in [0.15, 0.2) is 11.5 Å². The number of nitrogens with zero attached hydrogens (tertiary/aromatic N) is 1. The highest BCUT2D eigenvalue weighted by Crippen LogP contribution is 2.27. The molecule has 2 rings (SSSR count). The number of carbonyl (C=O) groups is 1. The van der Waals surface area contributed by atoms with Gasteiger partial charge in [0, 0.05) is 24.3 Å². The lowest BCUT2D eigenvalue weighted by molar-refractivity contribution is -0.117. The second-order valence-corrected chi connectivity index (χ2v) is 6.31. The first-order valence-corrected chi connectivity index (χ1v) is 9.02. The topological polar surface area (TPSA) is 83.4 Å². The molecule has 0 heterocycles. The van der Waals surface area contributed by atoms with Crippen LogP contribution in [0.4, 0.5) is 0 Å². The van der Waals surface area contributed by atoms with Crippen molar-refractivity contribution in [3.63, 3.8) is 0 Å². The summed E-state index contributed by atoms with van der Waals surface area (Å²) in [6.07, 6.45) is 2.01. The standard InChI is InChI=1S/C21H22ClN3O3/c1-27-19-7-6-15(11-20(19)28-2)8-9-25-21(26)17(12-23)14-24-13-16-4-3-5-18(22)10-16/h3-7,10-11,14,24H,8-9,13H2,1-2H3,(H,25,26)/b17-14-. The van der Waals surface area contributed by atoms with Crippen molar-refractivity contribution in [3.05, 3.63) is 70.4 Å².